The minimum Gasteiger partial charge on any atom is -0.465 e. The van der Waals surface area contributed by atoms with Gasteiger partial charge in [-0.2, -0.15) is 0 Å². The van der Waals surface area contributed by atoms with E-state index in [2.05, 4.69) is 4.98 Å². The molecule has 0 radical (unpaired) electrons. The van der Waals surface area contributed by atoms with E-state index in [-0.39, 0.29) is 17.9 Å². The zero-order chi connectivity index (χ0) is 16.4. The van der Waals surface area contributed by atoms with Gasteiger partial charge in [-0.15, -0.1) is 0 Å². The number of ether oxygens (including phenoxy) is 1. The number of carbonyl (C=O) groups excluding carboxylic acids is 2. The molecule has 1 heterocycles. The van der Waals surface area contributed by atoms with Crippen LogP contribution in [-0.4, -0.2) is 42.0 Å². The van der Waals surface area contributed by atoms with Crippen LogP contribution in [0, 0.1) is 0 Å². The molecule has 2 aromatic rings. The fourth-order valence-electron chi connectivity index (χ4n) is 3.13. The van der Waals surface area contributed by atoms with Gasteiger partial charge in [0.1, 0.15) is 5.69 Å². The van der Waals surface area contributed by atoms with Crippen molar-refractivity contribution in [2.45, 2.75) is 25.3 Å². The van der Waals surface area contributed by atoms with Crippen molar-refractivity contribution in [3.05, 3.63) is 58.9 Å². The third-order valence-electron chi connectivity index (χ3n) is 4.53. The van der Waals surface area contributed by atoms with Gasteiger partial charge in [-0.05, 0) is 54.7 Å². The molecule has 120 valence electrons. The molecule has 1 aromatic carbocycles. The molecular formula is C18H20N2O3. The van der Waals surface area contributed by atoms with Crippen LogP contribution in [-0.2, 0) is 17.6 Å². The first-order valence-corrected chi connectivity index (χ1v) is 7.71. The molecule has 5 heteroatoms. The second-order valence-electron chi connectivity index (χ2n) is 5.87. The molecule has 0 saturated heterocycles. The Balaban J connectivity index is 1.75. The van der Waals surface area contributed by atoms with Crippen LogP contribution in [0.4, 0.5) is 0 Å². The van der Waals surface area contributed by atoms with Crippen molar-refractivity contribution in [2.24, 2.45) is 0 Å². The Bertz CT molecular complexity index is 722. The van der Waals surface area contributed by atoms with E-state index in [9.17, 15) is 9.59 Å². The number of aromatic nitrogens is 1. The Morgan fingerprint density at radius 1 is 1.26 bits per heavy atom. The largest absolute Gasteiger partial charge is 0.465 e. The SMILES string of the molecule is COC(=O)c1ccc2c(c1)CCC(N(C)C(=O)c1ccc[nH]1)C2. The van der Waals surface area contributed by atoms with Crippen molar-refractivity contribution < 1.29 is 14.3 Å². The predicted octanol–water partition coefficient (Wildman–Crippen LogP) is 2.43. The van der Waals surface area contributed by atoms with Gasteiger partial charge in [0.25, 0.3) is 5.91 Å². The summed E-state index contributed by atoms with van der Waals surface area (Å²) in [7, 11) is 3.24. The van der Waals surface area contributed by atoms with Crippen molar-refractivity contribution in [2.75, 3.05) is 14.2 Å². The van der Waals surface area contributed by atoms with E-state index in [0.717, 1.165) is 19.3 Å². The second-order valence-corrected chi connectivity index (χ2v) is 5.87. The van der Waals surface area contributed by atoms with Gasteiger partial charge in [0, 0.05) is 19.3 Å². The summed E-state index contributed by atoms with van der Waals surface area (Å²) in [6.45, 7) is 0. The molecule has 0 aliphatic heterocycles. The predicted molar refractivity (Wildman–Crippen MR) is 86.5 cm³/mol. The molecule has 5 nitrogen and oxygen atoms in total. The standard InChI is InChI=1S/C18H20N2O3/c1-20(17(21)16-4-3-9-19-16)15-8-7-12-10-14(18(22)23-2)6-5-13(12)11-15/h3-6,9-10,15,19H,7-8,11H2,1-2H3. The lowest BCUT2D eigenvalue weighted by Crippen LogP contribution is -2.40. The van der Waals surface area contributed by atoms with Crippen LogP contribution in [0.1, 0.15) is 38.4 Å². The number of likely N-dealkylation sites (N-methyl/N-ethyl adjacent to an activating group) is 1. The summed E-state index contributed by atoms with van der Waals surface area (Å²) in [6, 6.07) is 9.46. The van der Waals surface area contributed by atoms with Crippen molar-refractivity contribution in [1.82, 2.24) is 9.88 Å². The Morgan fingerprint density at radius 2 is 2.09 bits per heavy atom. The Morgan fingerprint density at radius 3 is 2.78 bits per heavy atom. The number of nitrogens with zero attached hydrogens (tertiary/aromatic N) is 1. The quantitative estimate of drug-likeness (QED) is 0.885. The minimum absolute atomic E-state index is 0.00892. The highest BCUT2D eigenvalue weighted by molar-refractivity contribution is 5.92. The first kappa shape index (κ1) is 15.3. The summed E-state index contributed by atoms with van der Waals surface area (Å²) in [5, 5.41) is 0. The second kappa shape index (κ2) is 6.28. The minimum atomic E-state index is -0.311. The third kappa shape index (κ3) is 2.99. The molecule has 1 atom stereocenters. The molecule has 1 N–H and O–H groups in total. The number of aryl methyl sites for hydroxylation is 1. The van der Waals surface area contributed by atoms with E-state index in [1.807, 2.05) is 30.1 Å². The molecular weight excluding hydrogens is 292 g/mol. The number of hydrogen-bond acceptors (Lipinski definition) is 3. The van der Waals surface area contributed by atoms with Crippen LogP contribution in [0.2, 0.25) is 0 Å². The van der Waals surface area contributed by atoms with Gasteiger partial charge in [0.15, 0.2) is 0 Å². The van der Waals surface area contributed by atoms with Crippen LogP contribution in [0.15, 0.2) is 36.5 Å². The van der Waals surface area contributed by atoms with E-state index in [0.29, 0.717) is 11.3 Å². The number of nitrogens with one attached hydrogen (secondary N) is 1. The Hall–Kier alpha value is -2.56. The fourth-order valence-corrected chi connectivity index (χ4v) is 3.13. The van der Waals surface area contributed by atoms with Gasteiger partial charge in [-0.1, -0.05) is 6.07 Å². The Labute approximate surface area is 135 Å². The van der Waals surface area contributed by atoms with Gasteiger partial charge >= 0.3 is 5.97 Å². The number of benzene rings is 1. The van der Waals surface area contributed by atoms with E-state index >= 15 is 0 Å². The lowest BCUT2D eigenvalue weighted by Gasteiger charge is -2.32. The number of hydrogen-bond donors (Lipinski definition) is 1. The number of carbonyl (C=O) groups is 2. The molecule has 1 aromatic heterocycles. The summed E-state index contributed by atoms with van der Waals surface area (Å²) >= 11 is 0. The maximum Gasteiger partial charge on any atom is 0.337 e. The molecule has 3 rings (SSSR count). The van der Waals surface area contributed by atoms with Crippen LogP contribution in [0.3, 0.4) is 0 Å². The maximum absolute atomic E-state index is 12.4. The van der Waals surface area contributed by atoms with Gasteiger partial charge in [0.2, 0.25) is 0 Å². The summed E-state index contributed by atoms with van der Waals surface area (Å²) in [4.78, 5) is 28.8. The number of methoxy groups -OCH3 is 1. The topological polar surface area (TPSA) is 62.4 Å². The highest BCUT2D eigenvalue weighted by Crippen LogP contribution is 2.26. The zero-order valence-electron chi connectivity index (χ0n) is 13.3. The molecule has 0 bridgehead atoms. The Kier molecular flexibility index (Phi) is 4.19. The van der Waals surface area contributed by atoms with Crippen molar-refractivity contribution in [3.63, 3.8) is 0 Å². The number of aromatic amines is 1. The fraction of sp³-hybridized carbons (Fsp3) is 0.333. The third-order valence-corrected chi connectivity index (χ3v) is 4.53. The smallest absolute Gasteiger partial charge is 0.337 e. The molecule has 0 saturated carbocycles. The first-order valence-electron chi connectivity index (χ1n) is 7.71. The number of rotatable bonds is 3. The van der Waals surface area contributed by atoms with E-state index in [1.54, 1.807) is 18.3 Å². The molecule has 1 amide bonds. The van der Waals surface area contributed by atoms with E-state index in [4.69, 9.17) is 4.74 Å². The molecule has 0 fully saturated rings. The summed E-state index contributed by atoms with van der Waals surface area (Å²) in [5.74, 6) is -0.302. The van der Waals surface area contributed by atoms with Crippen LogP contribution in [0.25, 0.3) is 0 Å². The van der Waals surface area contributed by atoms with Gasteiger partial charge in [0.05, 0.1) is 12.7 Å². The highest BCUT2D eigenvalue weighted by Gasteiger charge is 2.26. The monoisotopic (exact) mass is 312 g/mol. The lowest BCUT2D eigenvalue weighted by molar-refractivity contribution is 0.0600. The van der Waals surface area contributed by atoms with Crippen LogP contribution >= 0.6 is 0 Å². The average Bonchev–Trinajstić information content (AvgIpc) is 3.13. The molecule has 0 spiro atoms. The molecule has 1 aliphatic carbocycles. The zero-order valence-corrected chi connectivity index (χ0v) is 13.3. The molecule has 1 unspecified atom stereocenters. The summed E-state index contributed by atoms with van der Waals surface area (Å²) < 4.78 is 4.76. The summed E-state index contributed by atoms with van der Waals surface area (Å²) in [5.41, 5.74) is 3.56. The van der Waals surface area contributed by atoms with Crippen LogP contribution in [0.5, 0.6) is 0 Å². The highest BCUT2D eigenvalue weighted by atomic mass is 16.5. The molecule has 23 heavy (non-hydrogen) atoms. The van der Waals surface area contributed by atoms with Crippen molar-refractivity contribution in [1.29, 1.82) is 0 Å². The maximum atomic E-state index is 12.4. The lowest BCUT2D eigenvalue weighted by atomic mass is 9.86. The van der Waals surface area contributed by atoms with Gasteiger partial charge < -0.3 is 14.6 Å². The van der Waals surface area contributed by atoms with Crippen LogP contribution < -0.4 is 0 Å². The van der Waals surface area contributed by atoms with Crippen molar-refractivity contribution in [3.8, 4) is 0 Å². The number of fused-ring (bicyclic) bond motifs is 1. The van der Waals surface area contributed by atoms with Gasteiger partial charge in [-0.25, -0.2) is 4.79 Å². The number of amides is 1. The average molecular weight is 312 g/mol. The van der Waals surface area contributed by atoms with E-state index in [1.165, 1.54) is 18.2 Å². The number of esters is 1. The first-order chi connectivity index (χ1) is 11.1. The van der Waals surface area contributed by atoms with Crippen molar-refractivity contribution >= 4 is 11.9 Å². The van der Waals surface area contributed by atoms with E-state index < -0.39 is 0 Å². The van der Waals surface area contributed by atoms with Gasteiger partial charge in [-0.3, -0.25) is 4.79 Å². The normalized spacial score (nSPS) is 16.5. The molecule has 1 aliphatic rings. The number of H-pyrrole nitrogens is 1. The summed E-state index contributed by atoms with van der Waals surface area (Å²) in [6.07, 6.45) is 4.30.